The Kier molecular flexibility index (Phi) is 13.5. The van der Waals surface area contributed by atoms with Gasteiger partial charge in [0, 0.05) is 52.5 Å². The highest BCUT2D eigenvalue weighted by atomic mass is 16.7. The molecule has 3 saturated carbocycles. The standard InChI is InChI=1S/C52H60N4O12/c1-29(20-39(58)30(2)53-43(61)26-56-44(62)16-17-45(56)63)48(65)54-35-9-7-8-32(22-35)21-31-10-12-33(13-11-31)49-67-42-24-38-37-15-14-34-23-36(57)18-19-50(34,3)47(37)40(59)25-51(38,4)52(42,68-49)41(60)28-66-46(64)27-55(5)6/h7-13,16-19,22-23,29-30,37-38,40,42,47,49,59H,14-15,20-21,24-28H2,1-6H3,(H,53,61)(H,54,65)/t29-,30+,37+,38+,40+,42-,47-,49-,50+,51+,52-/m1/s1. The van der Waals surface area contributed by atoms with Crippen LogP contribution in [0.3, 0.4) is 0 Å². The number of hydrogen-bond donors (Lipinski definition) is 3. The molecule has 4 aliphatic carbocycles. The number of hydrogen-bond acceptors (Lipinski definition) is 13. The second kappa shape index (κ2) is 18.9. The zero-order valence-electron chi connectivity index (χ0n) is 39.3. The number of aliphatic hydroxyl groups excluding tert-OH is 1. The summed E-state index contributed by atoms with van der Waals surface area (Å²) in [6, 6.07) is 14.1. The molecule has 0 unspecified atom stereocenters. The molecule has 0 aromatic heterocycles. The molecule has 2 aromatic rings. The van der Waals surface area contributed by atoms with Crippen molar-refractivity contribution in [1.82, 2.24) is 15.1 Å². The first-order valence-electron chi connectivity index (χ1n) is 23.4. The second-order valence-corrected chi connectivity index (χ2v) is 20.1. The number of ketones is 3. The third kappa shape index (κ3) is 9.06. The van der Waals surface area contributed by atoms with Crippen molar-refractivity contribution in [3.8, 4) is 0 Å². The van der Waals surface area contributed by atoms with Crippen LogP contribution in [0.25, 0.3) is 0 Å². The molecule has 0 bridgehead atoms. The Balaban J connectivity index is 0.919. The lowest BCUT2D eigenvalue weighted by molar-refractivity contribution is -0.202. The minimum absolute atomic E-state index is 0.00282. The molecule has 4 fully saturated rings. The summed E-state index contributed by atoms with van der Waals surface area (Å²) >= 11 is 0. The summed E-state index contributed by atoms with van der Waals surface area (Å²) in [6.07, 6.45) is 7.59. The van der Waals surface area contributed by atoms with Crippen LogP contribution in [-0.4, -0.2) is 119 Å². The number of carbonyl (C=O) groups excluding carboxylic acids is 8. The lowest BCUT2D eigenvalue weighted by atomic mass is 9.46. The molecule has 0 spiro atoms. The molecule has 3 N–H and O–H groups in total. The Bertz CT molecular complexity index is 2500. The highest BCUT2D eigenvalue weighted by molar-refractivity contribution is 6.14. The van der Waals surface area contributed by atoms with Gasteiger partial charge in [-0.2, -0.15) is 0 Å². The second-order valence-electron chi connectivity index (χ2n) is 20.1. The third-order valence-electron chi connectivity index (χ3n) is 15.3. The topological polar surface area (TPSA) is 215 Å². The van der Waals surface area contributed by atoms with Gasteiger partial charge in [-0.3, -0.25) is 48.2 Å². The highest BCUT2D eigenvalue weighted by Crippen LogP contribution is 2.70. The summed E-state index contributed by atoms with van der Waals surface area (Å²) in [5.74, 6) is -4.58. The smallest absolute Gasteiger partial charge is 0.320 e. The molecule has 16 nitrogen and oxygen atoms in total. The van der Waals surface area contributed by atoms with Crippen LogP contribution < -0.4 is 10.6 Å². The van der Waals surface area contributed by atoms with E-state index in [4.69, 9.17) is 14.2 Å². The van der Waals surface area contributed by atoms with Crippen LogP contribution in [0.15, 0.2) is 84.5 Å². The summed E-state index contributed by atoms with van der Waals surface area (Å²) in [5.41, 5.74) is 1.23. The Hall–Kier alpha value is -5.94. The number of rotatable bonds is 16. The predicted octanol–water partition coefficient (Wildman–Crippen LogP) is 3.96. The molecule has 360 valence electrons. The van der Waals surface area contributed by atoms with E-state index >= 15 is 0 Å². The minimum Gasteiger partial charge on any atom is -0.457 e. The van der Waals surface area contributed by atoms with E-state index in [0.717, 1.165) is 40.2 Å². The van der Waals surface area contributed by atoms with Crippen molar-refractivity contribution in [1.29, 1.82) is 0 Å². The van der Waals surface area contributed by atoms with E-state index in [1.54, 1.807) is 44.1 Å². The first-order chi connectivity index (χ1) is 32.2. The van der Waals surface area contributed by atoms with Crippen LogP contribution in [0.5, 0.6) is 0 Å². The van der Waals surface area contributed by atoms with Crippen molar-refractivity contribution in [2.45, 2.75) is 96.4 Å². The van der Waals surface area contributed by atoms with Gasteiger partial charge in [-0.05, 0) is 100 Å². The number of likely N-dealkylation sites (N-methyl/N-ethyl adjacent to an activating group) is 1. The molecular formula is C52H60N4O12. The fourth-order valence-corrected chi connectivity index (χ4v) is 12.0. The molecule has 2 aromatic carbocycles. The van der Waals surface area contributed by atoms with Crippen molar-refractivity contribution in [3.63, 3.8) is 0 Å². The zero-order valence-corrected chi connectivity index (χ0v) is 39.3. The Morgan fingerprint density at radius 1 is 0.971 bits per heavy atom. The van der Waals surface area contributed by atoms with Crippen LogP contribution in [0.4, 0.5) is 5.69 Å². The summed E-state index contributed by atoms with van der Waals surface area (Å²) in [5, 5.41) is 17.5. The molecule has 11 atom stereocenters. The summed E-state index contributed by atoms with van der Waals surface area (Å²) < 4.78 is 19.2. The third-order valence-corrected chi connectivity index (χ3v) is 15.3. The van der Waals surface area contributed by atoms with E-state index in [9.17, 15) is 43.5 Å². The summed E-state index contributed by atoms with van der Waals surface area (Å²) in [6.45, 7) is 6.20. The highest BCUT2D eigenvalue weighted by Gasteiger charge is 2.76. The lowest BCUT2D eigenvalue weighted by Crippen LogP contribution is -2.63. The van der Waals surface area contributed by atoms with Gasteiger partial charge >= 0.3 is 5.97 Å². The van der Waals surface area contributed by atoms with Gasteiger partial charge in [0.1, 0.15) is 6.54 Å². The average Bonchev–Trinajstić information content (AvgIpc) is 3.90. The Labute approximate surface area is 395 Å². The van der Waals surface area contributed by atoms with Gasteiger partial charge in [0.25, 0.3) is 11.8 Å². The summed E-state index contributed by atoms with van der Waals surface area (Å²) in [7, 11) is 3.48. The molecule has 68 heavy (non-hydrogen) atoms. The molecule has 4 amide bonds. The lowest BCUT2D eigenvalue weighted by Gasteiger charge is -2.59. The number of Topliss-reactive ketones (excluding diaryl/α,β-unsaturated/α-hetero) is 2. The molecule has 16 heteroatoms. The van der Waals surface area contributed by atoms with E-state index in [1.165, 1.54) is 6.92 Å². The van der Waals surface area contributed by atoms with Crippen molar-refractivity contribution in [3.05, 3.63) is 101 Å². The maximum atomic E-state index is 14.7. The number of carbonyl (C=O) groups is 8. The van der Waals surface area contributed by atoms with Gasteiger partial charge in [-0.1, -0.05) is 68.8 Å². The maximum Gasteiger partial charge on any atom is 0.320 e. The molecule has 0 radical (unpaired) electrons. The number of nitrogens with one attached hydrogen (secondary N) is 2. The average molecular weight is 933 g/mol. The number of allylic oxidation sites excluding steroid dienone is 4. The van der Waals surface area contributed by atoms with Gasteiger partial charge in [-0.15, -0.1) is 0 Å². The van der Waals surface area contributed by atoms with Crippen LogP contribution >= 0.6 is 0 Å². The van der Waals surface area contributed by atoms with Gasteiger partial charge in [0.2, 0.25) is 17.6 Å². The molecule has 1 saturated heterocycles. The van der Waals surface area contributed by atoms with E-state index in [2.05, 4.69) is 17.6 Å². The number of esters is 1. The number of fused-ring (bicyclic) bond motifs is 7. The quantitative estimate of drug-likeness (QED) is 0.161. The number of anilines is 1. The van der Waals surface area contributed by atoms with Gasteiger partial charge < -0.3 is 30.0 Å². The number of ether oxygens (including phenoxy) is 3. The van der Waals surface area contributed by atoms with Crippen molar-refractivity contribution in [2.24, 2.45) is 34.5 Å². The first-order valence-corrected chi connectivity index (χ1v) is 23.4. The Morgan fingerprint density at radius 3 is 2.40 bits per heavy atom. The number of aliphatic hydroxyl groups is 1. The molecule has 6 aliphatic rings. The first kappa shape index (κ1) is 48.5. The van der Waals surface area contributed by atoms with E-state index in [1.807, 2.05) is 55.5 Å². The van der Waals surface area contributed by atoms with E-state index in [0.29, 0.717) is 30.5 Å². The van der Waals surface area contributed by atoms with Gasteiger partial charge in [0.05, 0.1) is 24.8 Å². The van der Waals surface area contributed by atoms with Crippen LogP contribution in [0.1, 0.15) is 82.8 Å². The van der Waals surface area contributed by atoms with Crippen molar-refractivity contribution < 1.29 is 57.7 Å². The normalized spacial score (nSPS) is 31.0. The van der Waals surface area contributed by atoms with E-state index in [-0.39, 0.29) is 54.6 Å². The Morgan fingerprint density at radius 2 is 1.69 bits per heavy atom. The fourth-order valence-electron chi connectivity index (χ4n) is 12.0. The molecule has 2 aliphatic heterocycles. The predicted molar refractivity (Wildman–Crippen MR) is 246 cm³/mol. The monoisotopic (exact) mass is 932 g/mol. The number of nitrogens with zero attached hydrogens (tertiary/aromatic N) is 2. The van der Waals surface area contributed by atoms with Gasteiger partial charge in [0.15, 0.2) is 30.1 Å². The number of amides is 4. The largest absolute Gasteiger partial charge is 0.457 e. The zero-order chi connectivity index (χ0) is 48.9. The maximum absolute atomic E-state index is 14.7. The van der Waals surface area contributed by atoms with E-state index < -0.39 is 89.5 Å². The van der Waals surface area contributed by atoms with Gasteiger partial charge in [-0.25, -0.2) is 0 Å². The van der Waals surface area contributed by atoms with Crippen molar-refractivity contribution in [2.75, 3.05) is 39.1 Å². The molecule has 2 heterocycles. The summed E-state index contributed by atoms with van der Waals surface area (Å²) in [4.78, 5) is 104. The minimum atomic E-state index is -1.51. The van der Waals surface area contributed by atoms with Crippen LogP contribution in [0, 0.1) is 34.5 Å². The number of benzene rings is 2. The fraction of sp³-hybridized carbons (Fsp3) is 0.500. The number of imide groups is 1. The molecule has 8 rings (SSSR count). The van der Waals surface area contributed by atoms with Crippen molar-refractivity contribution >= 4 is 52.6 Å². The van der Waals surface area contributed by atoms with Crippen LogP contribution in [0.2, 0.25) is 0 Å². The van der Waals surface area contributed by atoms with Crippen LogP contribution in [-0.2, 0) is 59.0 Å². The SMILES string of the molecule is C[C@H](CC(=O)[C@H](C)NC(=O)CN1C(=O)C=CC1=O)C(=O)Nc1cccc(Cc2ccc([C@@H]3O[C@@H]4C[C@H]5[C@@H]6CCC7=CC(=O)C=C[C@]7(C)[C@H]6[C@@H](O)C[C@]5(C)[C@]4(C(=O)COC(=O)CN(C)C)O3)cc2)c1. The molecular weight excluding hydrogens is 873 g/mol.